The zero-order chi connectivity index (χ0) is 14.8. The maximum atomic E-state index is 12.4. The van der Waals surface area contributed by atoms with Crippen LogP contribution in [0.1, 0.15) is 19.4 Å². The van der Waals surface area contributed by atoms with Crippen molar-refractivity contribution in [1.29, 1.82) is 0 Å². The first-order chi connectivity index (χ1) is 9.43. The molecule has 0 atom stereocenters. The number of amides is 1. The van der Waals surface area contributed by atoms with Crippen LogP contribution >= 0.6 is 12.4 Å². The lowest BCUT2D eigenvalue weighted by molar-refractivity contribution is -0.119. The zero-order valence-corrected chi connectivity index (χ0v) is 13.9. The van der Waals surface area contributed by atoms with Gasteiger partial charge in [-0.25, -0.2) is 0 Å². The van der Waals surface area contributed by atoms with Crippen LogP contribution in [0.4, 0.5) is 5.69 Å². The molecule has 0 radical (unpaired) electrons. The van der Waals surface area contributed by atoms with Crippen LogP contribution in [0.3, 0.4) is 0 Å². The van der Waals surface area contributed by atoms with Gasteiger partial charge in [0.25, 0.3) is 0 Å². The number of carbonyl (C=O) groups is 1. The lowest BCUT2D eigenvalue weighted by atomic mass is 9.93. The van der Waals surface area contributed by atoms with E-state index in [-0.39, 0.29) is 23.7 Å². The number of anilines is 1. The second-order valence-electron chi connectivity index (χ2n) is 6.46. The van der Waals surface area contributed by atoms with Crippen molar-refractivity contribution in [3.63, 3.8) is 0 Å². The Morgan fingerprint density at radius 3 is 2.71 bits per heavy atom. The van der Waals surface area contributed by atoms with Crippen molar-refractivity contribution in [2.75, 3.05) is 38.1 Å². The van der Waals surface area contributed by atoms with E-state index in [1.165, 1.54) is 5.56 Å². The molecule has 2 N–H and O–H groups in total. The first-order valence-electron chi connectivity index (χ1n) is 7.20. The van der Waals surface area contributed by atoms with E-state index in [0.717, 1.165) is 25.2 Å². The molecule has 0 aliphatic carbocycles. The number of para-hydroxylation sites is 1. The Balaban J connectivity index is 0.00000220. The van der Waals surface area contributed by atoms with Crippen LogP contribution < -0.4 is 10.6 Å². The van der Waals surface area contributed by atoms with Crippen LogP contribution in [0.25, 0.3) is 0 Å². The van der Waals surface area contributed by atoms with Crippen molar-refractivity contribution in [3.8, 4) is 0 Å². The Bertz CT molecular complexity index is 490. The van der Waals surface area contributed by atoms with Gasteiger partial charge in [-0.2, -0.15) is 0 Å². The number of likely N-dealkylation sites (N-methyl/N-ethyl adjacent to an activating group) is 1. The molecule has 0 spiro atoms. The molecule has 0 unspecified atom stereocenters. The molecule has 1 aromatic rings. The summed E-state index contributed by atoms with van der Waals surface area (Å²) in [7, 11) is 1.98. The average molecular weight is 312 g/mol. The second-order valence-corrected chi connectivity index (χ2v) is 6.46. The lowest BCUT2D eigenvalue weighted by Gasteiger charge is -2.29. The van der Waals surface area contributed by atoms with Crippen LogP contribution in [0, 0.1) is 5.41 Å². The van der Waals surface area contributed by atoms with E-state index in [2.05, 4.69) is 24.8 Å². The van der Waals surface area contributed by atoms with Gasteiger partial charge >= 0.3 is 0 Å². The van der Waals surface area contributed by atoms with E-state index < -0.39 is 0 Å². The van der Waals surface area contributed by atoms with Gasteiger partial charge in [0.2, 0.25) is 5.91 Å². The van der Waals surface area contributed by atoms with Gasteiger partial charge in [0.15, 0.2) is 0 Å². The minimum Gasteiger partial charge on any atom is -0.330 e. The third-order valence-electron chi connectivity index (χ3n) is 3.84. The van der Waals surface area contributed by atoms with Gasteiger partial charge in [-0.3, -0.25) is 9.69 Å². The van der Waals surface area contributed by atoms with Crippen molar-refractivity contribution in [1.82, 2.24) is 4.90 Å². The molecule has 0 saturated heterocycles. The smallest absolute Gasteiger partial charge is 0.241 e. The van der Waals surface area contributed by atoms with Crippen LogP contribution in [0.5, 0.6) is 0 Å². The van der Waals surface area contributed by atoms with Crippen molar-refractivity contribution < 1.29 is 4.79 Å². The molecule has 21 heavy (non-hydrogen) atoms. The number of carbonyl (C=O) groups excluding carboxylic acids is 1. The number of nitrogens with zero attached hydrogens (tertiary/aromatic N) is 2. The number of hydrogen-bond donors (Lipinski definition) is 1. The molecule has 0 bridgehead atoms. The molecule has 0 aromatic heterocycles. The van der Waals surface area contributed by atoms with E-state index in [4.69, 9.17) is 5.73 Å². The minimum atomic E-state index is 0. The van der Waals surface area contributed by atoms with Crippen LogP contribution in [-0.4, -0.2) is 44.0 Å². The van der Waals surface area contributed by atoms with E-state index in [1.807, 2.05) is 30.1 Å². The number of hydrogen-bond acceptors (Lipinski definition) is 3. The zero-order valence-electron chi connectivity index (χ0n) is 13.1. The lowest BCUT2D eigenvalue weighted by Crippen LogP contribution is -2.43. The quantitative estimate of drug-likeness (QED) is 0.904. The fraction of sp³-hybridized carbons (Fsp3) is 0.562. The maximum absolute atomic E-state index is 12.4. The highest BCUT2D eigenvalue weighted by Crippen LogP contribution is 2.27. The van der Waals surface area contributed by atoms with Gasteiger partial charge in [0.1, 0.15) is 0 Å². The average Bonchev–Trinajstić information content (AvgIpc) is 2.81. The Kier molecular flexibility index (Phi) is 6.20. The van der Waals surface area contributed by atoms with Crippen molar-refractivity contribution in [3.05, 3.63) is 29.8 Å². The number of rotatable bonds is 5. The molecule has 1 amide bonds. The Morgan fingerprint density at radius 2 is 2.05 bits per heavy atom. The minimum absolute atomic E-state index is 0. The van der Waals surface area contributed by atoms with E-state index >= 15 is 0 Å². The van der Waals surface area contributed by atoms with Gasteiger partial charge in [-0.15, -0.1) is 12.4 Å². The summed E-state index contributed by atoms with van der Waals surface area (Å²) in [5.74, 6) is 0.172. The second kappa shape index (κ2) is 7.25. The van der Waals surface area contributed by atoms with Gasteiger partial charge < -0.3 is 10.6 Å². The Labute approximate surface area is 133 Å². The van der Waals surface area contributed by atoms with Crippen molar-refractivity contribution in [2.24, 2.45) is 11.1 Å². The molecule has 0 saturated carbocycles. The molecule has 5 heteroatoms. The standard InChI is InChI=1S/C16H25N3O.ClH/c1-16(2,11-17)12-18(3)10-15(20)19-9-8-13-6-4-5-7-14(13)19;/h4-7H,8-12,17H2,1-3H3;1H. The fourth-order valence-electron chi connectivity index (χ4n) is 2.76. The van der Waals surface area contributed by atoms with Crippen LogP contribution in [0.2, 0.25) is 0 Å². The number of benzene rings is 1. The summed E-state index contributed by atoms with van der Waals surface area (Å²) in [6.45, 7) is 6.94. The maximum Gasteiger partial charge on any atom is 0.241 e. The molecular weight excluding hydrogens is 286 g/mol. The molecule has 1 aliphatic heterocycles. The third-order valence-corrected chi connectivity index (χ3v) is 3.84. The molecule has 4 nitrogen and oxygen atoms in total. The SMILES string of the molecule is CN(CC(=O)N1CCc2ccccc21)CC(C)(C)CN.Cl. The summed E-state index contributed by atoms with van der Waals surface area (Å²) in [4.78, 5) is 16.4. The number of nitrogens with two attached hydrogens (primary N) is 1. The molecule has 1 aliphatic rings. The predicted octanol–water partition coefficient (Wildman–Crippen LogP) is 1.91. The fourth-order valence-corrected chi connectivity index (χ4v) is 2.76. The third kappa shape index (κ3) is 4.43. The molecule has 0 fully saturated rings. The number of fused-ring (bicyclic) bond motifs is 1. The molecular formula is C16H26ClN3O. The summed E-state index contributed by atoms with van der Waals surface area (Å²) in [5.41, 5.74) is 8.13. The number of halogens is 1. The highest BCUT2D eigenvalue weighted by Gasteiger charge is 2.26. The highest BCUT2D eigenvalue weighted by atomic mass is 35.5. The summed E-state index contributed by atoms with van der Waals surface area (Å²) < 4.78 is 0. The Morgan fingerprint density at radius 1 is 1.38 bits per heavy atom. The molecule has 2 rings (SSSR count). The van der Waals surface area contributed by atoms with E-state index in [0.29, 0.717) is 13.1 Å². The normalized spacial score (nSPS) is 14.0. The largest absolute Gasteiger partial charge is 0.330 e. The van der Waals surface area contributed by atoms with E-state index in [9.17, 15) is 4.79 Å². The van der Waals surface area contributed by atoms with Gasteiger partial charge in [0.05, 0.1) is 6.54 Å². The van der Waals surface area contributed by atoms with Gasteiger partial charge in [-0.05, 0) is 37.1 Å². The van der Waals surface area contributed by atoms with Crippen LogP contribution in [-0.2, 0) is 11.2 Å². The highest BCUT2D eigenvalue weighted by molar-refractivity contribution is 5.96. The summed E-state index contributed by atoms with van der Waals surface area (Å²) >= 11 is 0. The summed E-state index contributed by atoms with van der Waals surface area (Å²) in [5, 5.41) is 0. The Hall–Kier alpha value is -1.10. The van der Waals surface area contributed by atoms with E-state index in [1.54, 1.807) is 0 Å². The molecule has 1 aromatic carbocycles. The topological polar surface area (TPSA) is 49.6 Å². The first-order valence-corrected chi connectivity index (χ1v) is 7.20. The summed E-state index contributed by atoms with van der Waals surface area (Å²) in [6.07, 6.45) is 0.958. The monoisotopic (exact) mass is 311 g/mol. The van der Waals surface area contributed by atoms with Crippen molar-refractivity contribution >= 4 is 24.0 Å². The van der Waals surface area contributed by atoms with Crippen molar-refractivity contribution in [2.45, 2.75) is 20.3 Å². The molecule has 118 valence electrons. The van der Waals surface area contributed by atoms with Gasteiger partial charge in [-0.1, -0.05) is 32.0 Å². The van der Waals surface area contributed by atoms with Crippen LogP contribution in [0.15, 0.2) is 24.3 Å². The summed E-state index contributed by atoms with van der Waals surface area (Å²) in [6, 6.07) is 8.16. The molecule has 1 heterocycles. The first kappa shape index (κ1) is 18.0. The predicted molar refractivity (Wildman–Crippen MR) is 90.1 cm³/mol. The van der Waals surface area contributed by atoms with Gasteiger partial charge in [0, 0.05) is 18.8 Å².